The molecule has 4 heteroatoms. The lowest BCUT2D eigenvalue weighted by Gasteiger charge is -2.04. The molecular weight excluding hydrogens is 206 g/mol. The lowest BCUT2D eigenvalue weighted by Crippen LogP contribution is -2.32. The van der Waals surface area contributed by atoms with Crippen molar-refractivity contribution in [3.8, 4) is 0 Å². The van der Waals surface area contributed by atoms with Crippen molar-refractivity contribution in [2.75, 3.05) is 6.54 Å². The molecule has 1 heterocycles. The molecule has 3 nitrogen and oxygen atoms in total. The standard InChI is InChI=1S/C11H17N3S/c1-8(2)4-13-11(12)14-5-10-7-15-6-9(10)3/h6-7H,1,4-5H2,2-3H3,(H3,12,13,14). The van der Waals surface area contributed by atoms with Crippen LogP contribution in [0.5, 0.6) is 0 Å². The van der Waals surface area contributed by atoms with E-state index in [2.05, 4.69) is 34.6 Å². The van der Waals surface area contributed by atoms with Gasteiger partial charge in [-0.2, -0.15) is 11.3 Å². The summed E-state index contributed by atoms with van der Waals surface area (Å²) in [5.41, 5.74) is 9.24. The molecule has 1 rings (SSSR count). The first-order chi connectivity index (χ1) is 7.09. The fourth-order valence-electron chi connectivity index (χ4n) is 1.02. The van der Waals surface area contributed by atoms with Gasteiger partial charge in [-0.25, -0.2) is 4.99 Å². The fourth-order valence-corrected chi connectivity index (χ4v) is 1.86. The Balaban J connectivity index is 2.44. The number of aryl methyl sites for hydroxylation is 1. The zero-order valence-electron chi connectivity index (χ0n) is 9.21. The number of aliphatic imine (C=N–C) groups is 1. The maximum atomic E-state index is 5.69. The molecule has 3 N–H and O–H groups in total. The van der Waals surface area contributed by atoms with Crippen LogP contribution in [0.2, 0.25) is 0 Å². The Morgan fingerprint density at radius 3 is 2.87 bits per heavy atom. The molecule has 1 aromatic heterocycles. The van der Waals surface area contributed by atoms with Gasteiger partial charge in [-0.3, -0.25) is 0 Å². The second-order valence-corrected chi connectivity index (χ2v) is 4.34. The van der Waals surface area contributed by atoms with Crippen molar-refractivity contribution in [3.63, 3.8) is 0 Å². The molecule has 0 aliphatic carbocycles. The van der Waals surface area contributed by atoms with Crippen LogP contribution in [0.25, 0.3) is 0 Å². The summed E-state index contributed by atoms with van der Waals surface area (Å²) in [6, 6.07) is 0. The van der Waals surface area contributed by atoms with Crippen molar-refractivity contribution < 1.29 is 0 Å². The number of nitrogens with one attached hydrogen (secondary N) is 1. The zero-order valence-corrected chi connectivity index (χ0v) is 10.0. The summed E-state index contributed by atoms with van der Waals surface area (Å²) in [4.78, 5) is 4.25. The van der Waals surface area contributed by atoms with E-state index in [-0.39, 0.29) is 0 Å². The molecular formula is C11H17N3S. The smallest absolute Gasteiger partial charge is 0.189 e. The summed E-state index contributed by atoms with van der Waals surface area (Å²) in [5, 5.41) is 7.21. The Bertz CT molecular complexity index is 366. The second kappa shape index (κ2) is 5.56. The minimum atomic E-state index is 0.476. The molecule has 0 unspecified atom stereocenters. The maximum absolute atomic E-state index is 5.69. The van der Waals surface area contributed by atoms with Crippen LogP contribution >= 0.6 is 11.3 Å². The van der Waals surface area contributed by atoms with Gasteiger partial charge >= 0.3 is 0 Å². The fraction of sp³-hybridized carbons (Fsp3) is 0.364. The van der Waals surface area contributed by atoms with Gasteiger partial charge in [-0.1, -0.05) is 12.2 Å². The van der Waals surface area contributed by atoms with Crippen molar-refractivity contribution in [2.24, 2.45) is 10.7 Å². The highest BCUT2D eigenvalue weighted by molar-refractivity contribution is 7.08. The van der Waals surface area contributed by atoms with E-state index in [1.54, 1.807) is 11.3 Å². The normalized spacial score (nSPS) is 11.5. The molecule has 0 spiro atoms. The lowest BCUT2D eigenvalue weighted by atomic mass is 10.2. The summed E-state index contributed by atoms with van der Waals surface area (Å²) in [6.07, 6.45) is 0. The zero-order chi connectivity index (χ0) is 11.3. The quantitative estimate of drug-likeness (QED) is 0.466. The molecule has 0 fully saturated rings. The monoisotopic (exact) mass is 223 g/mol. The SMILES string of the molecule is C=C(C)CNC(N)=NCc1cscc1C. The van der Waals surface area contributed by atoms with Gasteiger partial charge in [0, 0.05) is 6.54 Å². The molecule has 0 aliphatic rings. The summed E-state index contributed by atoms with van der Waals surface area (Å²) in [5.74, 6) is 0.476. The van der Waals surface area contributed by atoms with Crippen LogP contribution in [0.15, 0.2) is 27.9 Å². The Kier molecular flexibility index (Phi) is 4.37. The van der Waals surface area contributed by atoms with Crippen LogP contribution in [0.3, 0.4) is 0 Å². The molecule has 0 aromatic carbocycles. The average molecular weight is 223 g/mol. The van der Waals surface area contributed by atoms with Crippen LogP contribution in [0.1, 0.15) is 18.1 Å². The summed E-state index contributed by atoms with van der Waals surface area (Å²) in [6.45, 7) is 9.13. The first kappa shape index (κ1) is 11.8. The predicted molar refractivity (Wildman–Crippen MR) is 67.2 cm³/mol. The van der Waals surface area contributed by atoms with E-state index in [0.29, 0.717) is 19.0 Å². The van der Waals surface area contributed by atoms with E-state index in [4.69, 9.17) is 5.73 Å². The van der Waals surface area contributed by atoms with Gasteiger partial charge in [0.05, 0.1) is 6.54 Å². The Hall–Kier alpha value is -1.29. The van der Waals surface area contributed by atoms with Crippen LogP contribution in [0, 0.1) is 6.92 Å². The Labute approximate surface area is 94.7 Å². The largest absolute Gasteiger partial charge is 0.370 e. The molecule has 1 aromatic rings. The highest BCUT2D eigenvalue weighted by Gasteiger charge is 1.98. The molecule has 0 atom stereocenters. The van der Waals surface area contributed by atoms with Crippen LogP contribution in [-0.2, 0) is 6.54 Å². The third-order valence-electron chi connectivity index (χ3n) is 1.95. The molecule has 82 valence electrons. The number of nitrogens with two attached hydrogens (primary N) is 1. The van der Waals surface area contributed by atoms with Crippen molar-refractivity contribution in [1.29, 1.82) is 0 Å². The molecule has 0 amide bonds. The number of rotatable bonds is 4. The predicted octanol–water partition coefficient (Wildman–Crippen LogP) is 2.04. The highest BCUT2D eigenvalue weighted by Crippen LogP contribution is 2.14. The first-order valence-corrected chi connectivity index (χ1v) is 5.73. The van der Waals surface area contributed by atoms with Crippen LogP contribution in [0.4, 0.5) is 0 Å². The van der Waals surface area contributed by atoms with Gasteiger partial charge in [-0.05, 0) is 35.7 Å². The maximum Gasteiger partial charge on any atom is 0.189 e. The number of thiophene rings is 1. The molecule has 0 bridgehead atoms. The summed E-state index contributed by atoms with van der Waals surface area (Å²) in [7, 11) is 0. The number of nitrogens with zero attached hydrogens (tertiary/aromatic N) is 1. The Morgan fingerprint density at radius 2 is 2.33 bits per heavy atom. The molecule has 0 radical (unpaired) electrons. The molecule has 0 saturated heterocycles. The topological polar surface area (TPSA) is 50.4 Å². The van der Waals surface area contributed by atoms with Gasteiger partial charge in [0.25, 0.3) is 0 Å². The third kappa shape index (κ3) is 4.16. The van der Waals surface area contributed by atoms with Gasteiger partial charge in [-0.15, -0.1) is 0 Å². The van der Waals surface area contributed by atoms with E-state index in [9.17, 15) is 0 Å². The van der Waals surface area contributed by atoms with E-state index < -0.39 is 0 Å². The summed E-state index contributed by atoms with van der Waals surface area (Å²) >= 11 is 1.69. The van der Waals surface area contributed by atoms with E-state index >= 15 is 0 Å². The molecule has 0 aliphatic heterocycles. The van der Waals surface area contributed by atoms with Crippen LogP contribution in [-0.4, -0.2) is 12.5 Å². The second-order valence-electron chi connectivity index (χ2n) is 3.59. The van der Waals surface area contributed by atoms with Crippen molar-refractivity contribution in [2.45, 2.75) is 20.4 Å². The Morgan fingerprint density at radius 1 is 1.60 bits per heavy atom. The molecule has 15 heavy (non-hydrogen) atoms. The van der Waals surface area contributed by atoms with Gasteiger partial charge < -0.3 is 11.1 Å². The number of guanidine groups is 1. The molecule has 0 saturated carbocycles. The number of hydrogen-bond acceptors (Lipinski definition) is 2. The van der Waals surface area contributed by atoms with E-state index in [0.717, 1.165) is 5.57 Å². The van der Waals surface area contributed by atoms with Crippen molar-refractivity contribution in [1.82, 2.24) is 5.32 Å². The van der Waals surface area contributed by atoms with Gasteiger partial charge in [0.2, 0.25) is 0 Å². The third-order valence-corrected chi connectivity index (χ3v) is 2.86. The average Bonchev–Trinajstić information content (AvgIpc) is 2.58. The van der Waals surface area contributed by atoms with Crippen LogP contribution < -0.4 is 11.1 Å². The lowest BCUT2D eigenvalue weighted by molar-refractivity contribution is 0.939. The minimum Gasteiger partial charge on any atom is -0.370 e. The van der Waals surface area contributed by atoms with E-state index in [1.165, 1.54) is 11.1 Å². The highest BCUT2D eigenvalue weighted by atomic mass is 32.1. The van der Waals surface area contributed by atoms with Crippen molar-refractivity contribution in [3.05, 3.63) is 34.0 Å². The van der Waals surface area contributed by atoms with Crippen molar-refractivity contribution >= 4 is 17.3 Å². The minimum absolute atomic E-state index is 0.476. The first-order valence-electron chi connectivity index (χ1n) is 4.79. The van der Waals surface area contributed by atoms with Gasteiger partial charge in [0.15, 0.2) is 5.96 Å². The number of hydrogen-bond donors (Lipinski definition) is 2. The van der Waals surface area contributed by atoms with Gasteiger partial charge in [0.1, 0.15) is 0 Å². The van der Waals surface area contributed by atoms with E-state index in [1.807, 2.05) is 6.92 Å². The summed E-state index contributed by atoms with van der Waals surface area (Å²) < 4.78 is 0.